The van der Waals surface area contributed by atoms with Crippen molar-refractivity contribution in [1.29, 1.82) is 0 Å². The molecule has 0 aliphatic carbocycles. The van der Waals surface area contributed by atoms with E-state index in [0.717, 1.165) is 11.1 Å². The summed E-state index contributed by atoms with van der Waals surface area (Å²) in [5.74, 6) is -0.558. The summed E-state index contributed by atoms with van der Waals surface area (Å²) in [4.78, 5) is 17.5. The quantitative estimate of drug-likeness (QED) is 0.250. The predicted molar refractivity (Wildman–Crippen MR) is 114 cm³/mol. The molecule has 0 aliphatic rings. The second-order valence-corrected chi connectivity index (χ2v) is 8.10. The number of pyridine rings is 2. The van der Waals surface area contributed by atoms with E-state index < -0.39 is 17.4 Å². The number of nitrogens with zero attached hydrogens (tertiary/aromatic N) is 2. The lowest BCUT2D eigenvalue weighted by molar-refractivity contribution is -0.0380. The highest BCUT2D eigenvalue weighted by molar-refractivity contribution is 7.79. The van der Waals surface area contributed by atoms with E-state index in [1.165, 1.54) is 16.7 Å². The SMILES string of the molecule is Cc1c(CC(O)O)c2ncc(Cc3ccc(F)cc3)cc2n(CCNCS(=O)[O-])c1=O. The van der Waals surface area contributed by atoms with Gasteiger partial charge in [0.05, 0.1) is 16.9 Å². The van der Waals surface area contributed by atoms with Gasteiger partial charge in [-0.25, -0.2) is 4.39 Å². The highest BCUT2D eigenvalue weighted by Crippen LogP contribution is 2.22. The van der Waals surface area contributed by atoms with E-state index in [1.54, 1.807) is 31.3 Å². The molecule has 0 bridgehead atoms. The van der Waals surface area contributed by atoms with Crippen LogP contribution < -0.4 is 10.9 Å². The zero-order valence-corrected chi connectivity index (χ0v) is 17.7. The molecule has 0 fully saturated rings. The Morgan fingerprint density at radius 3 is 2.61 bits per heavy atom. The van der Waals surface area contributed by atoms with Gasteiger partial charge < -0.3 is 24.6 Å². The zero-order chi connectivity index (χ0) is 22.5. The molecular weight excluding hydrogens is 425 g/mol. The van der Waals surface area contributed by atoms with Gasteiger partial charge in [-0.15, -0.1) is 0 Å². The normalized spacial score (nSPS) is 12.6. The molecule has 1 aromatic carbocycles. The number of aliphatic hydroxyl groups is 2. The molecule has 3 aromatic rings. The number of hydrogen-bond donors (Lipinski definition) is 3. The molecule has 3 N–H and O–H groups in total. The summed E-state index contributed by atoms with van der Waals surface area (Å²) in [5, 5.41) is 21.7. The lowest BCUT2D eigenvalue weighted by atomic mass is 10.0. The van der Waals surface area contributed by atoms with Gasteiger partial charge in [-0.2, -0.15) is 0 Å². The van der Waals surface area contributed by atoms with Crippen LogP contribution in [0.4, 0.5) is 4.39 Å². The van der Waals surface area contributed by atoms with Gasteiger partial charge in [0.15, 0.2) is 6.29 Å². The van der Waals surface area contributed by atoms with Crippen molar-refractivity contribution in [2.45, 2.75) is 32.6 Å². The highest BCUT2D eigenvalue weighted by atomic mass is 32.2. The van der Waals surface area contributed by atoms with E-state index in [1.807, 2.05) is 0 Å². The smallest absolute Gasteiger partial charge is 0.254 e. The van der Waals surface area contributed by atoms with Crippen molar-refractivity contribution in [1.82, 2.24) is 14.9 Å². The lowest BCUT2D eigenvalue weighted by Gasteiger charge is -2.17. The van der Waals surface area contributed by atoms with Crippen molar-refractivity contribution in [3.05, 3.63) is 75.0 Å². The van der Waals surface area contributed by atoms with Gasteiger partial charge >= 0.3 is 0 Å². The number of aromatic nitrogens is 2. The summed E-state index contributed by atoms with van der Waals surface area (Å²) < 4.78 is 36.1. The molecule has 0 aliphatic heterocycles. The average molecular weight is 448 g/mol. The van der Waals surface area contributed by atoms with Crippen molar-refractivity contribution >= 4 is 22.1 Å². The first-order chi connectivity index (χ1) is 14.8. The molecule has 1 unspecified atom stereocenters. The third-order valence-corrected chi connectivity index (χ3v) is 5.40. The van der Waals surface area contributed by atoms with Crippen LogP contribution in [0.25, 0.3) is 11.0 Å². The minimum absolute atomic E-state index is 0.143. The van der Waals surface area contributed by atoms with E-state index in [2.05, 4.69) is 10.3 Å². The molecule has 31 heavy (non-hydrogen) atoms. The average Bonchev–Trinajstić information content (AvgIpc) is 2.72. The first-order valence-corrected chi connectivity index (χ1v) is 10.9. The fourth-order valence-corrected chi connectivity index (χ4v) is 3.80. The number of fused-ring (bicyclic) bond motifs is 1. The van der Waals surface area contributed by atoms with E-state index >= 15 is 0 Å². The van der Waals surface area contributed by atoms with Gasteiger partial charge in [-0.3, -0.25) is 14.0 Å². The van der Waals surface area contributed by atoms with Crippen LogP contribution in [0.5, 0.6) is 0 Å². The fourth-order valence-electron chi connectivity index (χ4n) is 3.49. The summed E-state index contributed by atoms with van der Waals surface area (Å²) in [6, 6.07) is 7.88. The molecule has 0 amide bonds. The minimum Gasteiger partial charge on any atom is -0.771 e. The van der Waals surface area contributed by atoms with Gasteiger partial charge in [0, 0.05) is 31.3 Å². The van der Waals surface area contributed by atoms with Crippen molar-refractivity contribution < 1.29 is 23.4 Å². The van der Waals surface area contributed by atoms with Crippen LogP contribution in [-0.2, 0) is 30.5 Å². The molecule has 0 saturated heterocycles. The van der Waals surface area contributed by atoms with Gasteiger partial charge in [-0.05, 0) is 59.3 Å². The molecule has 2 heterocycles. The van der Waals surface area contributed by atoms with Crippen LogP contribution in [0.3, 0.4) is 0 Å². The first-order valence-electron chi connectivity index (χ1n) is 9.64. The van der Waals surface area contributed by atoms with Crippen LogP contribution in [0, 0.1) is 12.7 Å². The molecule has 3 rings (SSSR count). The van der Waals surface area contributed by atoms with Crippen LogP contribution in [0.15, 0.2) is 41.3 Å². The summed E-state index contributed by atoms with van der Waals surface area (Å²) in [7, 11) is 0. The minimum atomic E-state index is -2.24. The van der Waals surface area contributed by atoms with Gasteiger partial charge in [-0.1, -0.05) is 12.1 Å². The summed E-state index contributed by atoms with van der Waals surface area (Å²) >= 11 is -2.24. The number of halogens is 1. The summed E-state index contributed by atoms with van der Waals surface area (Å²) in [5.41, 5.74) is 3.14. The molecule has 166 valence electrons. The number of hydrogen-bond acceptors (Lipinski definition) is 7. The number of rotatable bonds is 9. The molecular formula is C21H23FN3O5S-. The number of benzene rings is 1. The fraction of sp³-hybridized carbons (Fsp3) is 0.333. The highest BCUT2D eigenvalue weighted by Gasteiger charge is 2.17. The van der Waals surface area contributed by atoms with Gasteiger partial charge in [0.1, 0.15) is 5.82 Å². The third-order valence-electron chi connectivity index (χ3n) is 4.96. The Labute approximate surface area is 180 Å². The Bertz CT molecular complexity index is 1150. The molecule has 0 radical (unpaired) electrons. The predicted octanol–water partition coefficient (Wildman–Crippen LogP) is 0.714. The van der Waals surface area contributed by atoms with E-state index in [4.69, 9.17) is 0 Å². The van der Waals surface area contributed by atoms with E-state index in [0.29, 0.717) is 28.6 Å². The van der Waals surface area contributed by atoms with Crippen LogP contribution in [-0.4, -0.2) is 47.2 Å². The molecule has 10 heteroatoms. The zero-order valence-electron chi connectivity index (χ0n) is 16.9. The second kappa shape index (κ2) is 10.2. The van der Waals surface area contributed by atoms with Crippen molar-refractivity contribution in [2.24, 2.45) is 0 Å². The molecule has 0 saturated carbocycles. The maximum Gasteiger partial charge on any atom is 0.254 e. The topological polar surface area (TPSA) is 128 Å². The second-order valence-electron chi connectivity index (χ2n) is 7.21. The van der Waals surface area contributed by atoms with Crippen LogP contribution >= 0.6 is 0 Å². The third kappa shape index (κ3) is 5.81. The first kappa shape index (κ1) is 23.2. The Hall–Kier alpha value is -2.50. The maximum absolute atomic E-state index is 13.2. The maximum atomic E-state index is 13.2. The van der Waals surface area contributed by atoms with E-state index in [-0.39, 0.29) is 36.8 Å². The van der Waals surface area contributed by atoms with E-state index in [9.17, 15) is 28.2 Å². The van der Waals surface area contributed by atoms with Gasteiger partial charge in [0.2, 0.25) is 0 Å². The monoisotopic (exact) mass is 448 g/mol. The number of nitrogens with one attached hydrogen (secondary N) is 1. The molecule has 2 aromatic heterocycles. The van der Waals surface area contributed by atoms with Crippen molar-refractivity contribution in [3.63, 3.8) is 0 Å². The summed E-state index contributed by atoms with van der Waals surface area (Å²) in [6.07, 6.45) is 0.338. The Morgan fingerprint density at radius 2 is 1.97 bits per heavy atom. The Morgan fingerprint density at radius 1 is 1.26 bits per heavy atom. The molecule has 0 spiro atoms. The van der Waals surface area contributed by atoms with Crippen LogP contribution in [0.1, 0.15) is 22.3 Å². The lowest BCUT2D eigenvalue weighted by Crippen LogP contribution is -2.31. The Balaban J connectivity index is 2.05. The largest absolute Gasteiger partial charge is 0.771 e. The number of aliphatic hydroxyl groups excluding tert-OH is 1. The Kier molecular flexibility index (Phi) is 7.63. The standard InChI is InChI=1S/C21H24FN3O5S/c1-13-17(10-19(26)27)20-18(25(21(13)28)7-6-23-12-31(29)30)9-15(11-24-20)8-14-2-4-16(22)5-3-14/h2-5,9,11,19,23,26-27H,6-8,10,12H2,1H3,(H,29,30)/p-1. The van der Waals surface area contributed by atoms with Crippen LogP contribution in [0.2, 0.25) is 0 Å². The van der Waals surface area contributed by atoms with Gasteiger partial charge in [0.25, 0.3) is 5.56 Å². The molecule has 8 nitrogen and oxygen atoms in total. The molecule has 1 atom stereocenters. The van der Waals surface area contributed by atoms with Crippen molar-refractivity contribution in [3.8, 4) is 0 Å². The van der Waals surface area contributed by atoms with Crippen molar-refractivity contribution in [2.75, 3.05) is 12.4 Å². The summed E-state index contributed by atoms with van der Waals surface area (Å²) in [6.45, 7) is 2.05.